The van der Waals surface area contributed by atoms with Gasteiger partial charge >= 0.3 is 0 Å². The summed E-state index contributed by atoms with van der Waals surface area (Å²) in [5, 5.41) is 6.00. The standard InChI is InChI=1S/C16H21N3O3/c1-10(16(21)19-7-3-4-8-19)17-12-5-6-14-13(9-12)18-15(20)11(2)22-14/h5-6,9-11,17H,3-4,7-8H2,1-2H3,(H,18,20)/t10-,11-/m1/s1. The molecule has 2 heterocycles. The predicted molar refractivity (Wildman–Crippen MR) is 84.1 cm³/mol. The van der Waals surface area contributed by atoms with Crippen molar-refractivity contribution in [3.05, 3.63) is 18.2 Å². The zero-order valence-corrected chi connectivity index (χ0v) is 12.9. The summed E-state index contributed by atoms with van der Waals surface area (Å²) in [7, 11) is 0. The van der Waals surface area contributed by atoms with Crippen LogP contribution in [0.5, 0.6) is 5.75 Å². The number of nitrogens with zero attached hydrogens (tertiary/aromatic N) is 1. The van der Waals surface area contributed by atoms with E-state index >= 15 is 0 Å². The largest absolute Gasteiger partial charge is 0.479 e. The number of carbonyl (C=O) groups is 2. The van der Waals surface area contributed by atoms with Gasteiger partial charge in [0.25, 0.3) is 5.91 Å². The van der Waals surface area contributed by atoms with Crippen LogP contribution < -0.4 is 15.4 Å². The minimum absolute atomic E-state index is 0.115. The lowest BCUT2D eigenvalue weighted by molar-refractivity contribution is -0.130. The molecule has 0 unspecified atom stereocenters. The maximum atomic E-state index is 12.3. The fourth-order valence-corrected chi connectivity index (χ4v) is 2.82. The number of ether oxygens (including phenoxy) is 1. The molecule has 6 heteroatoms. The fraction of sp³-hybridized carbons (Fsp3) is 0.500. The Labute approximate surface area is 129 Å². The number of benzene rings is 1. The summed E-state index contributed by atoms with van der Waals surface area (Å²) < 4.78 is 5.52. The van der Waals surface area contributed by atoms with Gasteiger partial charge in [0.2, 0.25) is 5.91 Å². The molecule has 1 fully saturated rings. The third kappa shape index (κ3) is 2.86. The Morgan fingerprint density at radius 2 is 2.14 bits per heavy atom. The van der Waals surface area contributed by atoms with Gasteiger partial charge in [0.15, 0.2) is 6.10 Å². The zero-order valence-electron chi connectivity index (χ0n) is 12.9. The average molecular weight is 303 g/mol. The molecule has 2 atom stereocenters. The van der Waals surface area contributed by atoms with Crippen molar-refractivity contribution in [1.29, 1.82) is 0 Å². The number of anilines is 2. The topological polar surface area (TPSA) is 70.7 Å². The first-order valence-corrected chi connectivity index (χ1v) is 7.71. The molecule has 2 amide bonds. The van der Waals surface area contributed by atoms with Crippen molar-refractivity contribution in [3.63, 3.8) is 0 Å². The van der Waals surface area contributed by atoms with Gasteiger partial charge in [0.05, 0.1) is 5.69 Å². The maximum absolute atomic E-state index is 12.3. The van der Waals surface area contributed by atoms with Gasteiger partial charge in [-0.15, -0.1) is 0 Å². The highest BCUT2D eigenvalue weighted by molar-refractivity contribution is 5.98. The molecule has 1 aromatic carbocycles. The summed E-state index contributed by atoms with van der Waals surface area (Å²) in [6.07, 6.45) is 1.68. The number of nitrogens with one attached hydrogen (secondary N) is 2. The second-order valence-electron chi connectivity index (χ2n) is 5.86. The summed E-state index contributed by atoms with van der Waals surface area (Å²) >= 11 is 0. The second-order valence-corrected chi connectivity index (χ2v) is 5.86. The van der Waals surface area contributed by atoms with Crippen molar-refractivity contribution in [1.82, 2.24) is 4.90 Å². The number of rotatable bonds is 3. The van der Waals surface area contributed by atoms with E-state index < -0.39 is 6.10 Å². The van der Waals surface area contributed by atoms with Crippen LogP contribution in [0.3, 0.4) is 0 Å². The monoisotopic (exact) mass is 303 g/mol. The van der Waals surface area contributed by atoms with Crippen LogP contribution in [0.15, 0.2) is 18.2 Å². The van der Waals surface area contributed by atoms with Crippen LogP contribution in [-0.2, 0) is 9.59 Å². The van der Waals surface area contributed by atoms with Gasteiger partial charge in [-0.25, -0.2) is 0 Å². The van der Waals surface area contributed by atoms with Crippen LogP contribution >= 0.6 is 0 Å². The molecule has 3 rings (SSSR count). The number of likely N-dealkylation sites (tertiary alicyclic amines) is 1. The maximum Gasteiger partial charge on any atom is 0.265 e. The van der Waals surface area contributed by atoms with E-state index in [-0.39, 0.29) is 17.9 Å². The lowest BCUT2D eigenvalue weighted by atomic mass is 10.2. The highest BCUT2D eigenvalue weighted by Crippen LogP contribution is 2.32. The molecule has 6 nitrogen and oxygen atoms in total. The Bertz CT molecular complexity index is 596. The summed E-state index contributed by atoms with van der Waals surface area (Å²) in [5.41, 5.74) is 1.42. The predicted octanol–water partition coefficient (Wildman–Crippen LogP) is 1.83. The number of hydrogen-bond acceptors (Lipinski definition) is 4. The fourth-order valence-electron chi connectivity index (χ4n) is 2.82. The third-order valence-corrected chi connectivity index (χ3v) is 4.08. The lowest BCUT2D eigenvalue weighted by Crippen LogP contribution is -2.39. The molecule has 0 aromatic heterocycles. The van der Waals surface area contributed by atoms with E-state index in [0.717, 1.165) is 31.6 Å². The molecule has 0 aliphatic carbocycles. The first kappa shape index (κ1) is 14.7. The van der Waals surface area contributed by atoms with Crippen molar-refractivity contribution in [3.8, 4) is 5.75 Å². The minimum Gasteiger partial charge on any atom is -0.479 e. The molecule has 118 valence electrons. The van der Waals surface area contributed by atoms with Crippen LogP contribution in [0.1, 0.15) is 26.7 Å². The summed E-state index contributed by atoms with van der Waals surface area (Å²) in [6.45, 7) is 5.26. The third-order valence-electron chi connectivity index (χ3n) is 4.08. The van der Waals surface area contributed by atoms with E-state index in [0.29, 0.717) is 11.4 Å². The van der Waals surface area contributed by atoms with Gasteiger partial charge in [-0.1, -0.05) is 0 Å². The Balaban J connectivity index is 1.69. The first-order chi connectivity index (χ1) is 10.5. The number of amides is 2. The van der Waals surface area contributed by atoms with E-state index in [1.54, 1.807) is 19.1 Å². The smallest absolute Gasteiger partial charge is 0.265 e. The van der Waals surface area contributed by atoms with Crippen LogP contribution in [0.25, 0.3) is 0 Å². The van der Waals surface area contributed by atoms with Gasteiger partial charge < -0.3 is 20.3 Å². The normalized spacial score (nSPS) is 21.6. The zero-order chi connectivity index (χ0) is 15.7. The Morgan fingerprint density at radius 3 is 2.86 bits per heavy atom. The molecular weight excluding hydrogens is 282 g/mol. The molecule has 2 aliphatic heterocycles. The Kier molecular flexibility index (Phi) is 3.92. The van der Waals surface area contributed by atoms with Crippen LogP contribution in [0, 0.1) is 0 Å². The average Bonchev–Trinajstić information content (AvgIpc) is 3.02. The van der Waals surface area contributed by atoms with Gasteiger partial charge in [-0.05, 0) is 44.9 Å². The highest BCUT2D eigenvalue weighted by atomic mass is 16.5. The molecule has 2 N–H and O–H groups in total. The number of fused-ring (bicyclic) bond motifs is 1. The summed E-state index contributed by atoms with van der Waals surface area (Å²) in [5.74, 6) is 0.603. The van der Waals surface area contributed by atoms with Crippen molar-refractivity contribution in [2.24, 2.45) is 0 Å². The molecule has 0 spiro atoms. The van der Waals surface area contributed by atoms with E-state index in [1.165, 1.54) is 0 Å². The van der Waals surface area contributed by atoms with E-state index in [4.69, 9.17) is 4.74 Å². The number of hydrogen-bond donors (Lipinski definition) is 2. The van der Waals surface area contributed by atoms with Crippen LogP contribution in [0.2, 0.25) is 0 Å². The van der Waals surface area contributed by atoms with Gasteiger partial charge in [-0.3, -0.25) is 9.59 Å². The molecule has 0 saturated carbocycles. The van der Waals surface area contributed by atoms with E-state index in [9.17, 15) is 9.59 Å². The summed E-state index contributed by atoms with van der Waals surface area (Å²) in [6, 6.07) is 5.17. The van der Waals surface area contributed by atoms with Gasteiger partial charge in [0, 0.05) is 18.8 Å². The molecular formula is C16H21N3O3. The van der Waals surface area contributed by atoms with Crippen LogP contribution in [0.4, 0.5) is 11.4 Å². The Hall–Kier alpha value is -2.24. The van der Waals surface area contributed by atoms with E-state index in [2.05, 4.69) is 10.6 Å². The Morgan fingerprint density at radius 1 is 1.41 bits per heavy atom. The first-order valence-electron chi connectivity index (χ1n) is 7.71. The summed E-state index contributed by atoms with van der Waals surface area (Å²) in [4.78, 5) is 25.8. The van der Waals surface area contributed by atoms with Crippen molar-refractivity contribution >= 4 is 23.2 Å². The van der Waals surface area contributed by atoms with Crippen LogP contribution in [-0.4, -0.2) is 41.9 Å². The molecule has 2 aliphatic rings. The molecule has 1 saturated heterocycles. The molecule has 22 heavy (non-hydrogen) atoms. The molecule has 0 bridgehead atoms. The highest BCUT2D eigenvalue weighted by Gasteiger charge is 2.25. The SMILES string of the molecule is C[C@@H](Nc1ccc2c(c1)NC(=O)[C@@H](C)O2)C(=O)N1CCCC1. The van der Waals surface area contributed by atoms with Crippen molar-refractivity contribution in [2.45, 2.75) is 38.8 Å². The molecule has 0 radical (unpaired) electrons. The van der Waals surface area contributed by atoms with Gasteiger partial charge in [-0.2, -0.15) is 0 Å². The molecule has 1 aromatic rings. The minimum atomic E-state index is -0.484. The lowest BCUT2D eigenvalue weighted by Gasteiger charge is -2.25. The van der Waals surface area contributed by atoms with Crippen molar-refractivity contribution in [2.75, 3.05) is 23.7 Å². The number of carbonyl (C=O) groups excluding carboxylic acids is 2. The quantitative estimate of drug-likeness (QED) is 0.893. The van der Waals surface area contributed by atoms with E-state index in [1.807, 2.05) is 17.9 Å². The van der Waals surface area contributed by atoms with Gasteiger partial charge in [0.1, 0.15) is 11.8 Å². The second kappa shape index (κ2) is 5.87. The van der Waals surface area contributed by atoms with Crippen molar-refractivity contribution < 1.29 is 14.3 Å².